The Labute approximate surface area is 167 Å². The lowest BCUT2D eigenvalue weighted by molar-refractivity contribution is -0.148. The molecule has 2 aliphatic rings. The Morgan fingerprint density at radius 2 is 2.11 bits per heavy atom. The van der Waals surface area contributed by atoms with Gasteiger partial charge in [0.1, 0.15) is 17.1 Å². The zero-order valence-electron chi connectivity index (χ0n) is 15.7. The standard InChI is InChI=1S/C21H21N3O3S/c1-27-21(26)17-9-13-5-2-3-6-14(13)11-24(17)12-19(25)23-20-16(10-22)15-7-4-8-18(15)28-20/h2-3,5-6,17H,4,7-9,11-12H2,1H3,(H,23,25)/t17-/m1/s1. The Balaban J connectivity index is 1.52. The maximum atomic E-state index is 12.7. The van der Waals surface area contributed by atoms with Crippen LogP contribution in [-0.4, -0.2) is 36.5 Å². The normalized spacial score (nSPS) is 18.1. The van der Waals surface area contributed by atoms with Crippen molar-refractivity contribution in [3.05, 3.63) is 51.4 Å². The number of nitrogens with one attached hydrogen (secondary N) is 1. The number of fused-ring (bicyclic) bond motifs is 2. The van der Waals surface area contributed by atoms with Crippen molar-refractivity contribution in [3.63, 3.8) is 0 Å². The second-order valence-electron chi connectivity index (χ2n) is 7.14. The number of amides is 1. The van der Waals surface area contributed by atoms with Gasteiger partial charge >= 0.3 is 5.97 Å². The van der Waals surface area contributed by atoms with Crippen LogP contribution in [0.5, 0.6) is 0 Å². The summed E-state index contributed by atoms with van der Waals surface area (Å²) in [4.78, 5) is 28.1. The molecule has 1 aliphatic heterocycles. The van der Waals surface area contributed by atoms with Crippen LogP contribution in [0.3, 0.4) is 0 Å². The fourth-order valence-electron chi connectivity index (χ4n) is 4.07. The number of hydrogen-bond acceptors (Lipinski definition) is 6. The minimum absolute atomic E-state index is 0.0710. The predicted molar refractivity (Wildman–Crippen MR) is 106 cm³/mol. The number of methoxy groups -OCH3 is 1. The average Bonchev–Trinajstić information content (AvgIpc) is 3.27. The van der Waals surface area contributed by atoms with E-state index in [1.165, 1.54) is 23.3 Å². The summed E-state index contributed by atoms with van der Waals surface area (Å²) in [6, 6.07) is 9.69. The second kappa shape index (κ2) is 7.74. The molecule has 0 radical (unpaired) electrons. The molecule has 6 nitrogen and oxygen atoms in total. The molecule has 1 atom stereocenters. The first-order chi connectivity index (χ1) is 13.6. The van der Waals surface area contributed by atoms with Crippen molar-refractivity contribution in [1.82, 2.24) is 4.90 Å². The number of nitriles is 1. The maximum Gasteiger partial charge on any atom is 0.323 e. The van der Waals surface area contributed by atoms with Crippen molar-refractivity contribution in [2.24, 2.45) is 0 Å². The van der Waals surface area contributed by atoms with E-state index >= 15 is 0 Å². The molecule has 1 amide bonds. The van der Waals surface area contributed by atoms with Crippen molar-refractivity contribution in [3.8, 4) is 6.07 Å². The quantitative estimate of drug-likeness (QED) is 0.805. The van der Waals surface area contributed by atoms with Crippen LogP contribution < -0.4 is 5.32 Å². The number of ether oxygens (including phenoxy) is 1. The molecule has 2 heterocycles. The third kappa shape index (κ3) is 3.41. The van der Waals surface area contributed by atoms with Crippen LogP contribution in [0.25, 0.3) is 0 Å². The van der Waals surface area contributed by atoms with E-state index in [1.54, 1.807) is 0 Å². The van der Waals surface area contributed by atoms with Gasteiger partial charge in [0.2, 0.25) is 5.91 Å². The minimum atomic E-state index is -0.491. The number of carbonyl (C=O) groups is 2. The number of benzene rings is 1. The Morgan fingerprint density at radius 3 is 2.86 bits per heavy atom. The molecule has 7 heteroatoms. The highest BCUT2D eigenvalue weighted by Crippen LogP contribution is 2.38. The molecule has 0 saturated carbocycles. The number of thiophene rings is 1. The van der Waals surface area contributed by atoms with E-state index in [0.29, 0.717) is 23.5 Å². The monoisotopic (exact) mass is 395 g/mol. The third-order valence-electron chi connectivity index (χ3n) is 5.45. The van der Waals surface area contributed by atoms with Gasteiger partial charge in [-0.05, 0) is 42.4 Å². The van der Waals surface area contributed by atoms with Gasteiger partial charge in [-0.2, -0.15) is 5.26 Å². The third-order valence-corrected chi connectivity index (χ3v) is 6.66. The van der Waals surface area contributed by atoms with E-state index in [2.05, 4.69) is 11.4 Å². The molecule has 0 unspecified atom stereocenters. The van der Waals surface area contributed by atoms with Crippen molar-refractivity contribution in [1.29, 1.82) is 5.26 Å². The van der Waals surface area contributed by atoms with Crippen LogP contribution in [-0.2, 0) is 40.1 Å². The molecule has 144 valence electrons. The molecule has 0 bridgehead atoms. The van der Waals surface area contributed by atoms with E-state index in [4.69, 9.17) is 4.74 Å². The Hall–Kier alpha value is -2.69. The number of carbonyl (C=O) groups excluding carboxylic acids is 2. The lowest BCUT2D eigenvalue weighted by Gasteiger charge is -2.34. The molecular formula is C21H21N3O3S. The lowest BCUT2D eigenvalue weighted by atomic mass is 9.94. The number of rotatable bonds is 4. The van der Waals surface area contributed by atoms with Crippen LogP contribution in [0.4, 0.5) is 5.00 Å². The highest BCUT2D eigenvalue weighted by molar-refractivity contribution is 7.16. The fourth-order valence-corrected chi connectivity index (χ4v) is 5.33. The molecule has 0 fully saturated rings. The van der Waals surface area contributed by atoms with Gasteiger partial charge in [-0.25, -0.2) is 0 Å². The van der Waals surface area contributed by atoms with E-state index in [9.17, 15) is 14.9 Å². The first kappa shape index (κ1) is 18.7. The van der Waals surface area contributed by atoms with Crippen molar-refractivity contribution >= 4 is 28.2 Å². The summed E-state index contributed by atoms with van der Waals surface area (Å²) < 4.78 is 4.96. The van der Waals surface area contributed by atoms with Gasteiger partial charge in [-0.3, -0.25) is 14.5 Å². The number of aryl methyl sites for hydroxylation is 1. The summed E-state index contributed by atoms with van der Waals surface area (Å²) in [6.45, 7) is 0.580. The zero-order valence-corrected chi connectivity index (χ0v) is 16.5. The summed E-state index contributed by atoms with van der Waals surface area (Å²) >= 11 is 1.50. The Morgan fingerprint density at radius 1 is 1.32 bits per heavy atom. The smallest absolute Gasteiger partial charge is 0.323 e. The molecule has 1 aliphatic carbocycles. The van der Waals surface area contributed by atoms with Gasteiger partial charge < -0.3 is 10.1 Å². The molecule has 0 saturated heterocycles. The number of nitrogens with zero attached hydrogens (tertiary/aromatic N) is 2. The first-order valence-corrected chi connectivity index (χ1v) is 10.2. The van der Waals surface area contributed by atoms with Crippen LogP contribution >= 0.6 is 11.3 Å². The maximum absolute atomic E-state index is 12.7. The largest absolute Gasteiger partial charge is 0.468 e. The minimum Gasteiger partial charge on any atom is -0.468 e. The molecule has 4 rings (SSSR count). The summed E-state index contributed by atoms with van der Waals surface area (Å²) in [6.07, 6.45) is 3.46. The number of anilines is 1. The van der Waals surface area contributed by atoms with E-state index < -0.39 is 6.04 Å². The van der Waals surface area contributed by atoms with Gasteiger partial charge in [0.05, 0.1) is 19.2 Å². The van der Waals surface area contributed by atoms with Gasteiger partial charge in [-0.15, -0.1) is 11.3 Å². The highest BCUT2D eigenvalue weighted by Gasteiger charge is 2.33. The van der Waals surface area contributed by atoms with Crippen LogP contribution in [0.15, 0.2) is 24.3 Å². The summed E-state index contributed by atoms with van der Waals surface area (Å²) in [7, 11) is 1.37. The SMILES string of the molecule is COC(=O)[C@H]1Cc2ccccc2CN1CC(=O)Nc1sc2c(c1C#N)CCC2. The summed E-state index contributed by atoms with van der Waals surface area (Å²) in [5.41, 5.74) is 3.90. The van der Waals surface area contributed by atoms with Crippen LogP contribution in [0.2, 0.25) is 0 Å². The molecule has 0 spiro atoms. The van der Waals surface area contributed by atoms with Gasteiger partial charge in [-0.1, -0.05) is 24.3 Å². The van der Waals surface area contributed by atoms with E-state index in [1.807, 2.05) is 29.2 Å². The zero-order chi connectivity index (χ0) is 19.7. The highest BCUT2D eigenvalue weighted by atomic mass is 32.1. The molecule has 1 N–H and O–H groups in total. The predicted octanol–water partition coefficient (Wildman–Crippen LogP) is 2.65. The lowest BCUT2D eigenvalue weighted by Crippen LogP contribution is -2.49. The van der Waals surface area contributed by atoms with Gasteiger partial charge in [0.25, 0.3) is 0 Å². The van der Waals surface area contributed by atoms with E-state index in [0.717, 1.165) is 36.0 Å². The molecule has 1 aromatic heterocycles. The topological polar surface area (TPSA) is 82.4 Å². The van der Waals surface area contributed by atoms with Gasteiger partial charge in [0.15, 0.2) is 0 Å². The van der Waals surface area contributed by atoms with Crippen molar-refractivity contribution < 1.29 is 14.3 Å². The second-order valence-corrected chi connectivity index (χ2v) is 8.24. The summed E-state index contributed by atoms with van der Waals surface area (Å²) in [5.74, 6) is -0.556. The van der Waals surface area contributed by atoms with Crippen LogP contribution in [0.1, 0.15) is 33.6 Å². The summed E-state index contributed by atoms with van der Waals surface area (Å²) in [5, 5.41) is 13.0. The van der Waals surface area contributed by atoms with Crippen LogP contribution in [0, 0.1) is 11.3 Å². The van der Waals surface area contributed by atoms with E-state index in [-0.39, 0.29) is 18.4 Å². The molecular weight excluding hydrogens is 374 g/mol. The molecule has 28 heavy (non-hydrogen) atoms. The number of esters is 1. The van der Waals surface area contributed by atoms with Crippen molar-refractivity contribution in [2.75, 3.05) is 19.0 Å². The number of hydrogen-bond donors (Lipinski definition) is 1. The Bertz CT molecular complexity index is 976. The van der Waals surface area contributed by atoms with Crippen molar-refractivity contribution in [2.45, 2.75) is 38.3 Å². The molecule has 1 aromatic carbocycles. The average molecular weight is 395 g/mol. The Kier molecular flexibility index (Phi) is 5.16. The van der Waals surface area contributed by atoms with Gasteiger partial charge in [0, 0.05) is 11.4 Å². The fraction of sp³-hybridized carbons (Fsp3) is 0.381. The first-order valence-electron chi connectivity index (χ1n) is 9.34. The molecule has 2 aromatic rings.